The van der Waals surface area contributed by atoms with Crippen LogP contribution >= 0.6 is 0 Å². The number of nitrogen functional groups attached to an aromatic ring is 1. The number of nitrogens with two attached hydrogens (primary N) is 1. The van der Waals surface area contributed by atoms with Crippen LogP contribution in [0.3, 0.4) is 0 Å². The van der Waals surface area contributed by atoms with E-state index in [9.17, 15) is 4.79 Å². The normalized spacial score (nSPS) is 15.3. The SMILES string of the molecule is COc1ccc(C(=O)OC2CCC2)c(N)c1. The maximum atomic E-state index is 11.7. The van der Waals surface area contributed by atoms with Gasteiger partial charge in [-0.15, -0.1) is 0 Å². The molecule has 2 rings (SSSR count). The minimum absolute atomic E-state index is 0.0778. The number of anilines is 1. The molecule has 0 unspecified atom stereocenters. The van der Waals surface area contributed by atoms with Crippen molar-refractivity contribution < 1.29 is 14.3 Å². The van der Waals surface area contributed by atoms with Gasteiger partial charge in [-0.25, -0.2) is 4.79 Å². The lowest BCUT2D eigenvalue weighted by Gasteiger charge is -2.25. The monoisotopic (exact) mass is 221 g/mol. The highest BCUT2D eigenvalue weighted by Gasteiger charge is 2.23. The lowest BCUT2D eigenvalue weighted by Crippen LogP contribution is -2.25. The summed E-state index contributed by atoms with van der Waals surface area (Å²) in [4.78, 5) is 11.7. The van der Waals surface area contributed by atoms with Crippen molar-refractivity contribution in [2.75, 3.05) is 12.8 Å². The number of benzene rings is 1. The molecule has 0 saturated heterocycles. The predicted molar refractivity (Wildman–Crippen MR) is 60.5 cm³/mol. The van der Waals surface area contributed by atoms with Crippen LogP contribution in [0.2, 0.25) is 0 Å². The van der Waals surface area contributed by atoms with E-state index in [1.54, 1.807) is 25.3 Å². The minimum atomic E-state index is -0.343. The molecule has 2 N–H and O–H groups in total. The van der Waals surface area contributed by atoms with Gasteiger partial charge in [-0.1, -0.05) is 0 Å². The molecule has 0 spiro atoms. The molecule has 0 radical (unpaired) electrons. The number of hydrogen-bond acceptors (Lipinski definition) is 4. The first-order valence-electron chi connectivity index (χ1n) is 5.35. The molecule has 0 aromatic heterocycles. The molecule has 1 saturated carbocycles. The molecule has 1 aliphatic rings. The molecule has 0 amide bonds. The third-order valence-corrected chi connectivity index (χ3v) is 2.80. The largest absolute Gasteiger partial charge is 0.497 e. The van der Waals surface area contributed by atoms with Crippen molar-refractivity contribution in [3.8, 4) is 5.75 Å². The molecular formula is C12H15NO3. The van der Waals surface area contributed by atoms with Crippen LogP contribution in [-0.4, -0.2) is 19.2 Å². The first-order valence-corrected chi connectivity index (χ1v) is 5.35. The fourth-order valence-corrected chi connectivity index (χ4v) is 1.56. The first-order chi connectivity index (χ1) is 7.70. The Balaban J connectivity index is 2.09. The van der Waals surface area contributed by atoms with Crippen LogP contribution in [-0.2, 0) is 4.74 Å². The Labute approximate surface area is 94.3 Å². The van der Waals surface area contributed by atoms with Gasteiger partial charge in [0.15, 0.2) is 0 Å². The van der Waals surface area contributed by atoms with Crippen LogP contribution in [0.25, 0.3) is 0 Å². The number of esters is 1. The molecule has 4 heteroatoms. The molecule has 0 bridgehead atoms. The summed E-state index contributed by atoms with van der Waals surface area (Å²) in [5.74, 6) is 0.294. The molecule has 0 heterocycles. The van der Waals surface area contributed by atoms with E-state index in [0.29, 0.717) is 17.0 Å². The minimum Gasteiger partial charge on any atom is -0.497 e. The first kappa shape index (κ1) is 10.8. The van der Waals surface area contributed by atoms with Gasteiger partial charge in [0.1, 0.15) is 11.9 Å². The van der Waals surface area contributed by atoms with Crippen LogP contribution in [0.15, 0.2) is 18.2 Å². The van der Waals surface area contributed by atoms with Crippen molar-refractivity contribution >= 4 is 11.7 Å². The third-order valence-electron chi connectivity index (χ3n) is 2.80. The molecule has 1 aromatic rings. The summed E-state index contributed by atoms with van der Waals surface area (Å²) in [7, 11) is 1.56. The van der Waals surface area contributed by atoms with Gasteiger partial charge >= 0.3 is 5.97 Å². The Kier molecular flexibility index (Phi) is 2.99. The van der Waals surface area contributed by atoms with Gasteiger partial charge in [-0.2, -0.15) is 0 Å². The molecule has 1 aromatic carbocycles. The zero-order chi connectivity index (χ0) is 11.5. The maximum Gasteiger partial charge on any atom is 0.340 e. The predicted octanol–water partition coefficient (Wildman–Crippen LogP) is 1.99. The molecule has 1 fully saturated rings. The van der Waals surface area contributed by atoms with Crippen molar-refractivity contribution in [3.63, 3.8) is 0 Å². The van der Waals surface area contributed by atoms with Crippen molar-refractivity contribution in [2.45, 2.75) is 25.4 Å². The zero-order valence-corrected chi connectivity index (χ0v) is 9.23. The van der Waals surface area contributed by atoms with Crippen molar-refractivity contribution in [2.24, 2.45) is 0 Å². The van der Waals surface area contributed by atoms with E-state index in [1.807, 2.05) is 0 Å². The van der Waals surface area contributed by atoms with Crippen LogP contribution in [0.1, 0.15) is 29.6 Å². The Morgan fingerprint density at radius 1 is 1.44 bits per heavy atom. The number of carbonyl (C=O) groups excluding carboxylic acids is 1. The Hall–Kier alpha value is -1.71. The van der Waals surface area contributed by atoms with Crippen LogP contribution < -0.4 is 10.5 Å². The van der Waals surface area contributed by atoms with Gasteiger partial charge in [-0.05, 0) is 31.4 Å². The van der Waals surface area contributed by atoms with Crippen molar-refractivity contribution in [1.82, 2.24) is 0 Å². The standard InChI is InChI=1S/C12H15NO3/c1-15-9-5-6-10(11(13)7-9)12(14)16-8-3-2-4-8/h5-8H,2-4,13H2,1H3. The molecule has 86 valence electrons. The molecule has 1 aliphatic carbocycles. The fourth-order valence-electron chi connectivity index (χ4n) is 1.56. The highest BCUT2D eigenvalue weighted by Crippen LogP contribution is 2.25. The van der Waals surface area contributed by atoms with E-state index < -0.39 is 0 Å². The quantitative estimate of drug-likeness (QED) is 0.626. The number of ether oxygens (including phenoxy) is 2. The average Bonchev–Trinajstić information content (AvgIpc) is 2.23. The fraction of sp³-hybridized carbons (Fsp3) is 0.417. The summed E-state index contributed by atoms with van der Waals surface area (Å²) in [5.41, 5.74) is 6.55. The molecular weight excluding hydrogens is 206 g/mol. The second-order valence-corrected chi connectivity index (χ2v) is 3.91. The van der Waals surface area contributed by atoms with E-state index in [1.165, 1.54) is 0 Å². The Morgan fingerprint density at radius 3 is 2.69 bits per heavy atom. The van der Waals surface area contributed by atoms with E-state index in [-0.39, 0.29) is 12.1 Å². The number of rotatable bonds is 3. The molecule has 16 heavy (non-hydrogen) atoms. The van der Waals surface area contributed by atoms with Gasteiger partial charge in [0.2, 0.25) is 0 Å². The molecule has 4 nitrogen and oxygen atoms in total. The second-order valence-electron chi connectivity index (χ2n) is 3.91. The molecule has 0 atom stereocenters. The van der Waals surface area contributed by atoms with Gasteiger partial charge < -0.3 is 15.2 Å². The van der Waals surface area contributed by atoms with E-state index in [2.05, 4.69) is 0 Å². The lowest BCUT2D eigenvalue weighted by molar-refractivity contribution is 0.00913. The summed E-state index contributed by atoms with van der Waals surface area (Å²) < 4.78 is 10.3. The van der Waals surface area contributed by atoms with Crippen LogP contribution in [0.4, 0.5) is 5.69 Å². The van der Waals surface area contributed by atoms with Gasteiger partial charge in [0.25, 0.3) is 0 Å². The average molecular weight is 221 g/mol. The van der Waals surface area contributed by atoms with E-state index >= 15 is 0 Å². The highest BCUT2D eigenvalue weighted by molar-refractivity contribution is 5.95. The second kappa shape index (κ2) is 4.43. The Morgan fingerprint density at radius 2 is 2.19 bits per heavy atom. The van der Waals surface area contributed by atoms with E-state index in [0.717, 1.165) is 19.3 Å². The summed E-state index contributed by atoms with van der Waals surface area (Å²) in [6.07, 6.45) is 3.13. The smallest absolute Gasteiger partial charge is 0.340 e. The highest BCUT2D eigenvalue weighted by atomic mass is 16.5. The summed E-state index contributed by atoms with van der Waals surface area (Å²) in [6.45, 7) is 0. The number of methoxy groups -OCH3 is 1. The number of carbonyl (C=O) groups is 1. The van der Waals surface area contributed by atoms with Crippen LogP contribution in [0, 0.1) is 0 Å². The van der Waals surface area contributed by atoms with Crippen molar-refractivity contribution in [1.29, 1.82) is 0 Å². The number of hydrogen-bond donors (Lipinski definition) is 1. The van der Waals surface area contributed by atoms with Crippen LogP contribution in [0.5, 0.6) is 5.75 Å². The van der Waals surface area contributed by atoms with Gasteiger partial charge in [0, 0.05) is 11.8 Å². The van der Waals surface area contributed by atoms with Crippen molar-refractivity contribution in [3.05, 3.63) is 23.8 Å². The maximum absolute atomic E-state index is 11.7. The van der Waals surface area contributed by atoms with Gasteiger partial charge in [0.05, 0.1) is 12.7 Å². The molecule has 0 aliphatic heterocycles. The summed E-state index contributed by atoms with van der Waals surface area (Å²) >= 11 is 0. The topological polar surface area (TPSA) is 61.5 Å². The Bertz CT molecular complexity index is 399. The van der Waals surface area contributed by atoms with E-state index in [4.69, 9.17) is 15.2 Å². The van der Waals surface area contributed by atoms with Gasteiger partial charge in [-0.3, -0.25) is 0 Å². The zero-order valence-electron chi connectivity index (χ0n) is 9.23. The third kappa shape index (κ3) is 2.10. The summed E-state index contributed by atoms with van der Waals surface area (Å²) in [6, 6.07) is 4.96. The summed E-state index contributed by atoms with van der Waals surface area (Å²) in [5, 5.41) is 0. The lowest BCUT2D eigenvalue weighted by atomic mass is 9.96.